The summed E-state index contributed by atoms with van der Waals surface area (Å²) in [6, 6.07) is 6.37. The van der Waals surface area contributed by atoms with E-state index >= 15 is 0 Å². The Morgan fingerprint density at radius 3 is 2.94 bits per heavy atom. The third kappa shape index (κ3) is 2.66. The highest BCUT2D eigenvalue weighted by atomic mass is 16.5. The normalized spacial score (nSPS) is 22.5. The van der Waals surface area contributed by atoms with Crippen LogP contribution in [0.2, 0.25) is 0 Å². The lowest BCUT2D eigenvalue weighted by molar-refractivity contribution is -0.119. The van der Waals surface area contributed by atoms with Crippen LogP contribution in [0.15, 0.2) is 18.3 Å². The van der Waals surface area contributed by atoms with Crippen molar-refractivity contribution in [1.29, 1.82) is 5.26 Å². The molecule has 0 bridgehead atoms. The summed E-state index contributed by atoms with van der Waals surface area (Å²) in [5, 5.41) is 21.9. The second-order valence-corrected chi connectivity index (χ2v) is 8.47. The molecule has 1 atom stereocenters. The van der Waals surface area contributed by atoms with Gasteiger partial charge < -0.3 is 9.64 Å². The lowest BCUT2D eigenvalue weighted by atomic mass is 10.1. The van der Waals surface area contributed by atoms with Crippen molar-refractivity contribution in [3.8, 4) is 17.5 Å². The Morgan fingerprint density at radius 1 is 1.35 bits per heavy atom. The summed E-state index contributed by atoms with van der Waals surface area (Å²) < 4.78 is 7.45. The zero-order chi connectivity index (χ0) is 21.2. The molecule has 6 rings (SSSR count). The first kappa shape index (κ1) is 18.3. The van der Waals surface area contributed by atoms with Crippen LogP contribution >= 0.6 is 0 Å². The highest BCUT2D eigenvalue weighted by Gasteiger charge is 2.53. The molecule has 3 aromatic rings. The third-order valence-electron chi connectivity index (χ3n) is 6.46. The highest BCUT2D eigenvalue weighted by Crippen LogP contribution is 2.48. The lowest BCUT2D eigenvalue weighted by Crippen LogP contribution is -2.44. The second kappa shape index (κ2) is 6.52. The Bertz CT molecular complexity index is 1220. The molecule has 158 valence electrons. The summed E-state index contributed by atoms with van der Waals surface area (Å²) in [6.45, 7) is 4.49. The fourth-order valence-corrected chi connectivity index (χ4v) is 4.68. The molecule has 0 unspecified atom stereocenters. The van der Waals surface area contributed by atoms with Crippen LogP contribution in [0, 0.1) is 11.3 Å². The van der Waals surface area contributed by atoms with E-state index in [4.69, 9.17) is 14.8 Å². The number of H-pyrrole nitrogens is 1. The number of carbonyl (C=O) groups is 1. The predicted octanol–water partition coefficient (Wildman–Crippen LogP) is 1.84. The average molecular weight is 418 g/mol. The van der Waals surface area contributed by atoms with E-state index in [2.05, 4.69) is 28.1 Å². The van der Waals surface area contributed by atoms with Crippen molar-refractivity contribution >= 4 is 28.4 Å². The number of pyridine rings is 1. The van der Waals surface area contributed by atoms with Crippen molar-refractivity contribution in [3.63, 3.8) is 0 Å². The molecule has 1 aliphatic carbocycles. The number of nitriles is 1. The van der Waals surface area contributed by atoms with E-state index in [0.29, 0.717) is 56.0 Å². The zero-order valence-electron chi connectivity index (χ0n) is 17.2. The van der Waals surface area contributed by atoms with Gasteiger partial charge in [0.05, 0.1) is 37.6 Å². The van der Waals surface area contributed by atoms with E-state index in [1.165, 1.54) is 0 Å². The topological polar surface area (TPSA) is 116 Å². The Hall–Kier alpha value is -3.45. The van der Waals surface area contributed by atoms with Gasteiger partial charge in [0.15, 0.2) is 0 Å². The molecule has 1 saturated heterocycles. The number of morpholine rings is 1. The van der Waals surface area contributed by atoms with E-state index in [9.17, 15) is 10.1 Å². The van der Waals surface area contributed by atoms with E-state index < -0.39 is 5.54 Å². The summed E-state index contributed by atoms with van der Waals surface area (Å²) >= 11 is 0. The standard InChI is InChI=1S/C21H22N8O2/c1-13-11-31-9-8-27(13)16-10-15-20-19(24-16)18(14-2-6-23-25-14)26-28(20)7-3-17(30)29(15)21(12-22)4-5-21/h2,6,10,13H,3-5,7-9,11H2,1H3,(H,23,25)/t13-/m1/s1. The van der Waals surface area contributed by atoms with Gasteiger partial charge in [-0.25, -0.2) is 4.98 Å². The molecule has 5 heterocycles. The number of anilines is 2. The van der Waals surface area contributed by atoms with Gasteiger partial charge in [-0.2, -0.15) is 15.5 Å². The first-order valence-electron chi connectivity index (χ1n) is 10.6. The molecule has 10 nitrogen and oxygen atoms in total. The number of aromatic nitrogens is 5. The molecule has 0 spiro atoms. The quantitative estimate of drug-likeness (QED) is 0.690. The first-order chi connectivity index (χ1) is 15.1. The van der Waals surface area contributed by atoms with Gasteiger partial charge in [0.2, 0.25) is 5.91 Å². The molecule has 2 fully saturated rings. The van der Waals surface area contributed by atoms with Gasteiger partial charge in [-0.1, -0.05) is 0 Å². The molecule has 1 N–H and O–H groups in total. The van der Waals surface area contributed by atoms with Gasteiger partial charge >= 0.3 is 0 Å². The van der Waals surface area contributed by atoms with Gasteiger partial charge in [0.1, 0.15) is 33.8 Å². The SMILES string of the molecule is C[C@@H]1COCCN1c1cc2c3c(n1)c(-c1cc[nH]n1)nn3CCC(=O)N2C1(C#N)CC1. The minimum atomic E-state index is -0.773. The number of nitrogens with one attached hydrogen (secondary N) is 1. The Kier molecular flexibility index (Phi) is 3.86. The van der Waals surface area contributed by atoms with Crippen LogP contribution in [0.4, 0.5) is 11.5 Å². The second-order valence-electron chi connectivity index (χ2n) is 8.47. The van der Waals surface area contributed by atoms with E-state index in [1.807, 2.05) is 16.8 Å². The highest BCUT2D eigenvalue weighted by molar-refractivity contribution is 6.07. The fourth-order valence-electron chi connectivity index (χ4n) is 4.68. The van der Waals surface area contributed by atoms with E-state index in [1.54, 1.807) is 11.1 Å². The van der Waals surface area contributed by atoms with E-state index in [0.717, 1.165) is 17.0 Å². The fraction of sp³-hybridized carbons (Fsp3) is 0.476. The van der Waals surface area contributed by atoms with Gasteiger partial charge in [0, 0.05) is 25.2 Å². The van der Waals surface area contributed by atoms with Crippen LogP contribution in [0.1, 0.15) is 26.2 Å². The van der Waals surface area contributed by atoms with Crippen LogP contribution in [0.25, 0.3) is 22.4 Å². The Labute approximate surface area is 178 Å². The minimum Gasteiger partial charge on any atom is -0.377 e. The summed E-state index contributed by atoms with van der Waals surface area (Å²) in [5.41, 5.74) is 2.81. The summed E-state index contributed by atoms with van der Waals surface area (Å²) in [6.07, 6.45) is 3.41. The number of nitrogens with zero attached hydrogens (tertiary/aromatic N) is 7. The minimum absolute atomic E-state index is 0.0423. The molecule has 10 heteroatoms. The Morgan fingerprint density at radius 2 is 2.23 bits per heavy atom. The molecule has 2 aliphatic heterocycles. The average Bonchev–Trinajstić information content (AvgIpc) is 3.23. The first-order valence-corrected chi connectivity index (χ1v) is 10.6. The maximum absolute atomic E-state index is 13.2. The van der Waals surface area contributed by atoms with Gasteiger partial charge in [-0.05, 0) is 25.8 Å². The molecule has 3 aromatic heterocycles. The van der Waals surface area contributed by atoms with E-state index in [-0.39, 0.29) is 18.4 Å². The number of rotatable bonds is 3. The van der Waals surface area contributed by atoms with Gasteiger partial charge in [-0.15, -0.1) is 0 Å². The third-order valence-corrected chi connectivity index (χ3v) is 6.46. The number of aromatic amines is 1. The monoisotopic (exact) mass is 418 g/mol. The molecule has 1 amide bonds. The van der Waals surface area contributed by atoms with Gasteiger partial charge in [-0.3, -0.25) is 19.5 Å². The number of hydrogen-bond acceptors (Lipinski definition) is 7. The number of hydrogen-bond donors (Lipinski definition) is 1. The smallest absolute Gasteiger partial charge is 0.230 e. The largest absolute Gasteiger partial charge is 0.377 e. The van der Waals surface area contributed by atoms with Crippen molar-refractivity contribution in [2.45, 2.75) is 44.3 Å². The van der Waals surface area contributed by atoms with Crippen LogP contribution in [-0.2, 0) is 16.1 Å². The van der Waals surface area contributed by atoms with Crippen molar-refractivity contribution in [1.82, 2.24) is 25.0 Å². The predicted molar refractivity (Wildman–Crippen MR) is 112 cm³/mol. The van der Waals surface area contributed by atoms with Crippen molar-refractivity contribution < 1.29 is 9.53 Å². The molecule has 3 aliphatic rings. The van der Waals surface area contributed by atoms with Crippen LogP contribution in [0.5, 0.6) is 0 Å². The zero-order valence-corrected chi connectivity index (χ0v) is 17.2. The molecule has 1 saturated carbocycles. The van der Waals surface area contributed by atoms with Crippen molar-refractivity contribution in [2.24, 2.45) is 0 Å². The number of ether oxygens (including phenoxy) is 1. The van der Waals surface area contributed by atoms with Crippen molar-refractivity contribution in [3.05, 3.63) is 18.3 Å². The molecule has 0 aromatic carbocycles. The lowest BCUT2D eigenvalue weighted by Gasteiger charge is -2.35. The summed E-state index contributed by atoms with van der Waals surface area (Å²) in [5.74, 6) is 0.724. The van der Waals surface area contributed by atoms with Crippen LogP contribution in [0.3, 0.4) is 0 Å². The van der Waals surface area contributed by atoms with Crippen LogP contribution < -0.4 is 9.80 Å². The number of carbonyl (C=O) groups excluding carboxylic acids is 1. The molecule has 0 radical (unpaired) electrons. The molecular formula is C21H22N8O2. The summed E-state index contributed by atoms with van der Waals surface area (Å²) in [4.78, 5) is 22.1. The Balaban J connectivity index is 1.64. The summed E-state index contributed by atoms with van der Waals surface area (Å²) in [7, 11) is 0. The molecule has 31 heavy (non-hydrogen) atoms. The van der Waals surface area contributed by atoms with Gasteiger partial charge in [0.25, 0.3) is 0 Å². The maximum Gasteiger partial charge on any atom is 0.230 e. The maximum atomic E-state index is 13.2. The number of aryl methyl sites for hydroxylation is 1. The van der Waals surface area contributed by atoms with Crippen molar-refractivity contribution in [2.75, 3.05) is 29.6 Å². The number of amides is 1. The molecular weight excluding hydrogens is 396 g/mol. The van der Waals surface area contributed by atoms with Crippen LogP contribution in [-0.4, -0.2) is 62.2 Å².